The van der Waals surface area contributed by atoms with Gasteiger partial charge in [0.2, 0.25) is 5.82 Å². The van der Waals surface area contributed by atoms with Crippen LogP contribution in [0.25, 0.3) is 0 Å². The van der Waals surface area contributed by atoms with Gasteiger partial charge in [0.25, 0.3) is 0 Å². The molecule has 13 heavy (non-hydrogen) atoms. The standard InChI is InChI=1S/C6H3F3O.2ClH.Zr/c7-3-1-4(8)6(9)5(10)2-3;;;/h1-2,10H;2*1H;. The molecule has 0 aliphatic rings. The third-order valence-electron chi connectivity index (χ3n) is 0.974. The van der Waals surface area contributed by atoms with Crippen LogP contribution < -0.4 is 0 Å². The monoisotopic (exact) mass is 310 g/mol. The fourth-order valence-corrected chi connectivity index (χ4v) is 0.542. The summed E-state index contributed by atoms with van der Waals surface area (Å²) in [6, 6.07) is 0.855. The van der Waals surface area contributed by atoms with Crippen molar-refractivity contribution in [1.82, 2.24) is 0 Å². The predicted molar refractivity (Wildman–Crippen MR) is 42.5 cm³/mol. The SMILES string of the molecule is Cl.Cl.Oc1cc(F)cc(F)c1F.[Zr]. The summed E-state index contributed by atoms with van der Waals surface area (Å²) in [5.74, 6) is -4.84. The Morgan fingerprint density at radius 3 is 1.85 bits per heavy atom. The van der Waals surface area contributed by atoms with E-state index >= 15 is 0 Å². The van der Waals surface area contributed by atoms with Gasteiger partial charge in [0.05, 0.1) is 0 Å². The van der Waals surface area contributed by atoms with Crippen LogP contribution in [0.3, 0.4) is 0 Å². The molecule has 0 saturated heterocycles. The summed E-state index contributed by atoms with van der Waals surface area (Å²) in [7, 11) is 0. The molecule has 1 rings (SSSR count). The van der Waals surface area contributed by atoms with Crippen LogP contribution >= 0.6 is 24.8 Å². The van der Waals surface area contributed by atoms with Crippen molar-refractivity contribution in [1.29, 1.82) is 0 Å². The number of hydrogen-bond acceptors (Lipinski definition) is 1. The van der Waals surface area contributed by atoms with Crippen molar-refractivity contribution < 1.29 is 44.5 Å². The number of phenolic OH excluding ortho intramolecular Hbond substituents is 1. The van der Waals surface area contributed by atoms with E-state index in [0.29, 0.717) is 12.1 Å². The van der Waals surface area contributed by atoms with Crippen LogP contribution in [0.4, 0.5) is 13.2 Å². The average Bonchev–Trinajstić information content (AvgIpc) is 1.82. The molecule has 0 saturated carbocycles. The number of hydrogen-bond donors (Lipinski definition) is 1. The van der Waals surface area contributed by atoms with Crippen molar-refractivity contribution >= 4 is 24.8 Å². The average molecular weight is 312 g/mol. The van der Waals surface area contributed by atoms with Crippen LogP contribution in [0.1, 0.15) is 0 Å². The third kappa shape index (κ3) is 4.89. The van der Waals surface area contributed by atoms with Gasteiger partial charge in [-0.05, 0) is 0 Å². The number of rotatable bonds is 0. The first kappa shape index (κ1) is 18.9. The van der Waals surface area contributed by atoms with Crippen molar-refractivity contribution in [3.8, 4) is 5.75 Å². The number of aromatic hydroxyl groups is 1. The summed E-state index contributed by atoms with van der Waals surface area (Å²) in [5, 5.41) is 8.43. The summed E-state index contributed by atoms with van der Waals surface area (Å²) >= 11 is 0. The van der Waals surface area contributed by atoms with Crippen LogP contribution in [0, 0.1) is 17.5 Å². The summed E-state index contributed by atoms with van der Waals surface area (Å²) in [4.78, 5) is 0. The molecule has 1 N–H and O–H groups in total. The van der Waals surface area contributed by atoms with Crippen molar-refractivity contribution in [2.75, 3.05) is 0 Å². The second-order valence-corrected chi connectivity index (χ2v) is 1.72. The minimum Gasteiger partial charge on any atom is -0.505 e. The molecule has 0 amide bonds. The van der Waals surface area contributed by atoms with Crippen molar-refractivity contribution in [2.45, 2.75) is 0 Å². The molecule has 1 nitrogen and oxygen atoms in total. The molecule has 0 unspecified atom stereocenters. The summed E-state index contributed by atoms with van der Waals surface area (Å²) < 4.78 is 36.2. The summed E-state index contributed by atoms with van der Waals surface area (Å²) in [5.41, 5.74) is 0. The minimum atomic E-state index is -1.43. The predicted octanol–water partition coefficient (Wildman–Crippen LogP) is 2.65. The number of benzene rings is 1. The van der Waals surface area contributed by atoms with Crippen LogP contribution in [-0.2, 0) is 26.2 Å². The van der Waals surface area contributed by atoms with Gasteiger partial charge in [0, 0.05) is 38.3 Å². The zero-order chi connectivity index (χ0) is 7.72. The van der Waals surface area contributed by atoms with Crippen LogP contribution in [-0.4, -0.2) is 5.11 Å². The van der Waals surface area contributed by atoms with E-state index in [1.165, 1.54) is 0 Å². The number of phenols is 1. The number of halogens is 5. The molecular weight excluding hydrogens is 307 g/mol. The normalized spacial score (nSPS) is 7.62. The van der Waals surface area contributed by atoms with E-state index in [2.05, 4.69) is 0 Å². The maximum Gasteiger partial charge on any atom is 0.200 e. The molecule has 0 aliphatic carbocycles. The van der Waals surface area contributed by atoms with Gasteiger partial charge in [-0.3, -0.25) is 0 Å². The van der Waals surface area contributed by atoms with E-state index in [9.17, 15) is 13.2 Å². The zero-order valence-corrected chi connectivity index (χ0v) is 10.1. The topological polar surface area (TPSA) is 20.2 Å². The molecule has 1 aromatic carbocycles. The van der Waals surface area contributed by atoms with Gasteiger partial charge < -0.3 is 5.11 Å². The fraction of sp³-hybridized carbons (Fsp3) is 0. The Morgan fingerprint density at radius 2 is 1.46 bits per heavy atom. The first-order valence-electron chi connectivity index (χ1n) is 2.45. The molecule has 0 radical (unpaired) electrons. The van der Waals surface area contributed by atoms with E-state index in [1.807, 2.05) is 0 Å². The fourth-order valence-electron chi connectivity index (χ4n) is 0.542. The molecule has 0 bridgehead atoms. The van der Waals surface area contributed by atoms with Gasteiger partial charge >= 0.3 is 0 Å². The Hall–Kier alpha value is 0.273. The van der Waals surface area contributed by atoms with Gasteiger partial charge in [-0.2, -0.15) is 4.39 Å². The second-order valence-electron chi connectivity index (χ2n) is 1.72. The van der Waals surface area contributed by atoms with Gasteiger partial charge in [-0.25, -0.2) is 8.78 Å². The molecule has 0 fully saturated rings. The van der Waals surface area contributed by atoms with Crippen LogP contribution in [0.5, 0.6) is 5.75 Å². The Labute approximate surface area is 104 Å². The molecule has 0 heterocycles. The largest absolute Gasteiger partial charge is 0.505 e. The quantitative estimate of drug-likeness (QED) is 0.730. The second kappa shape index (κ2) is 7.66. The minimum absolute atomic E-state index is 0. The molecule has 0 atom stereocenters. The van der Waals surface area contributed by atoms with E-state index < -0.39 is 23.2 Å². The maximum absolute atomic E-state index is 12.1. The van der Waals surface area contributed by atoms with Crippen molar-refractivity contribution in [2.24, 2.45) is 0 Å². The summed E-state index contributed by atoms with van der Waals surface area (Å²) in [6.45, 7) is 0. The van der Waals surface area contributed by atoms with Crippen LogP contribution in [0.15, 0.2) is 12.1 Å². The summed E-state index contributed by atoms with van der Waals surface area (Å²) in [6.07, 6.45) is 0. The van der Waals surface area contributed by atoms with Gasteiger partial charge in [-0.15, -0.1) is 24.8 Å². The Kier molecular flexibility index (Phi) is 11.2. The Bertz CT molecular complexity index is 249. The van der Waals surface area contributed by atoms with E-state index in [0.717, 1.165) is 0 Å². The Balaban J connectivity index is -0.000000333. The molecule has 74 valence electrons. The van der Waals surface area contributed by atoms with Crippen molar-refractivity contribution in [3.63, 3.8) is 0 Å². The molecule has 0 aromatic heterocycles. The first-order chi connectivity index (χ1) is 4.61. The van der Waals surface area contributed by atoms with Crippen LogP contribution in [0.2, 0.25) is 0 Å². The van der Waals surface area contributed by atoms with E-state index in [1.54, 1.807) is 0 Å². The van der Waals surface area contributed by atoms with Gasteiger partial charge in [0.15, 0.2) is 11.6 Å². The molecular formula is C6H5Cl2F3OZr. The molecule has 7 heteroatoms. The molecule has 0 spiro atoms. The molecule has 0 aliphatic heterocycles. The van der Waals surface area contributed by atoms with Crippen molar-refractivity contribution in [3.05, 3.63) is 29.6 Å². The maximum atomic E-state index is 12.1. The zero-order valence-electron chi connectivity index (χ0n) is 6.05. The van der Waals surface area contributed by atoms with Gasteiger partial charge in [0.1, 0.15) is 5.82 Å². The first-order valence-corrected chi connectivity index (χ1v) is 2.45. The van der Waals surface area contributed by atoms with Gasteiger partial charge in [-0.1, -0.05) is 0 Å². The smallest absolute Gasteiger partial charge is 0.200 e. The molecule has 1 aromatic rings. The van der Waals surface area contributed by atoms with E-state index in [-0.39, 0.29) is 51.0 Å². The van der Waals surface area contributed by atoms with E-state index in [4.69, 9.17) is 5.11 Å². The Morgan fingerprint density at radius 1 is 1.00 bits per heavy atom. The third-order valence-corrected chi connectivity index (χ3v) is 0.974.